The van der Waals surface area contributed by atoms with Crippen LogP contribution in [0.2, 0.25) is 0 Å². The van der Waals surface area contributed by atoms with Crippen molar-refractivity contribution in [2.45, 2.75) is 63.9 Å². The van der Waals surface area contributed by atoms with Crippen molar-refractivity contribution in [2.24, 2.45) is 5.92 Å². The Bertz CT molecular complexity index is 493. The molecule has 2 aliphatic carbocycles. The molecule has 0 unspecified atom stereocenters. The number of carbonyl (C=O) groups is 1. The summed E-state index contributed by atoms with van der Waals surface area (Å²) in [6.45, 7) is 2.61. The molecule has 1 aromatic rings. The number of rotatable bonds is 4. The monoisotopic (exact) mass is 307 g/mol. The molecule has 1 fully saturated rings. The molecule has 0 aromatic carbocycles. The second kappa shape index (κ2) is 6.09. The van der Waals surface area contributed by atoms with Gasteiger partial charge < -0.3 is 10.4 Å². The highest BCUT2D eigenvalue weighted by Crippen LogP contribution is 2.34. The van der Waals surface area contributed by atoms with Crippen molar-refractivity contribution in [3.63, 3.8) is 0 Å². The van der Waals surface area contributed by atoms with Crippen molar-refractivity contribution in [3.05, 3.63) is 21.4 Å². The third-order valence-electron chi connectivity index (χ3n) is 5.16. The maximum Gasteiger partial charge on any atom is 0.261 e. The lowest BCUT2D eigenvalue weighted by molar-refractivity contribution is -0.00783. The van der Waals surface area contributed by atoms with E-state index in [2.05, 4.69) is 12.2 Å². The van der Waals surface area contributed by atoms with Crippen LogP contribution >= 0.6 is 11.3 Å². The van der Waals surface area contributed by atoms with Gasteiger partial charge in [0.05, 0.1) is 10.5 Å². The van der Waals surface area contributed by atoms with Crippen LogP contribution in [0.3, 0.4) is 0 Å². The van der Waals surface area contributed by atoms with Crippen LogP contribution in [0.15, 0.2) is 6.07 Å². The van der Waals surface area contributed by atoms with Gasteiger partial charge in [0.25, 0.3) is 5.91 Å². The highest BCUT2D eigenvalue weighted by atomic mass is 32.1. The quantitative estimate of drug-likeness (QED) is 0.896. The number of amides is 1. The molecule has 0 aliphatic heterocycles. The number of nitrogens with one attached hydrogen (secondary N) is 1. The van der Waals surface area contributed by atoms with E-state index in [4.69, 9.17) is 0 Å². The molecule has 2 N–H and O–H groups in total. The Kier molecular flexibility index (Phi) is 4.36. The van der Waals surface area contributed by atoms with Gasteiger partial charge in [0.15, 0.2) is 0 Å². The van der Waals surface area contributed by atoms with Gasteiger partial charge in [-0.3, -0.25) is 4.79 Å². The van der Waals surface area contributed by atoms with E-state index in [1.807, 2.05) is 6.07 Å². The van der Waals surface area contributed by atoms with E-state index in [0.717, 1.165) is 49.3 Å². The molecular formula is C17H25NO2S. The predicted octanol–water partition coefficient (Wildman–Crippen LogP) is 3.30. The van der Waals surface area contributed by atoms with E-state index in [1.165, 1.54) is 23.3 Å². The summed E-state index contributed by atoms with van der Waals surface area (Å²) in [6, 6.07) is 2.04. The van der Waals surface area contributed by atoms with Crippen LogP contribution in [-0.4, -0.2) is 23.2 Å². The van der Waals surface area contributed by atoms with Gasteiger partial charge in [-0.25, -0.2) is 0 Å². The number of aryl methyl sites for hydroxylation is 2. The van der Waals surface area contributed by atoms with Crippen molar-refractivity contribution in [1.82, 2.24) is 5.32 Å². The smallest absolute Gasteiger partial charge is 0.261 e. The van der Waals surface area contributed by atoms with Gasteiger partial charge >= 0.3 is 0 Å². The Balaban J connectivity index is 1.53. The molecule has 0 bridgehead atoms. The van der Waals surface area contributed by atoms with Crippen LogP contribution in [0, 0.1) is 5.92 Å². The van der Waals surface area contributed by atoms with Crippen LogP contribution in [-0.2, 0) is 12.8 Å². The maximum atomic E-state index is 12.2. The van der Waals surface area contributed by atoms with Gasteiger partial charge in [-0.15, -0.1) is 11.3 Å². The fraction of sp³-hybridized carbons (Fsp3) is 0.706. The third kappa shape index (κ3) is 3.32. The van der Waals surface area contributed by atoms with E-state index >= 15 is 0 Å². The summed E-state index contributed by atoms with van der Waals surface area (Å²) in [6.07, 6.45) is 8.44. The van der Waals surface area contributed by atoms with Gasteiger partial charge in [-0.2, -0.15) is 0 Å². The Morgan fingerprint density at radius 3 is 2.86 bits per heavy atom. The lowest BCUT2D eigenvalue weighted by atomic mass is 9.78. The molecule has 0 spiro atoms. The molecule has 21 heavy (non-hydrogen) atoms. The summed E-state index contributed by atoms with van der Waals surface area (Å²) in [5.74, 6) is 0.738. The summed E-state index contributed by atoms with van der Waals surface area (Å²) in [5, 5.41) is 13.5. The minimum Gasteiger partial charge on any atom is -0.388 e. The first kappa shape index (κ1) is 15.0. The first-order valence-electron chi connectivity index (χ1n) is 8.22. The fourth-order valence-electron chi connectivity index (χ4n) is 3.57. The first-order valence-corrected chi connectivity index (χ1v) is 9.03. The summed E-state index contributed by atoms with van der Waals surface area (Å²) < 4.78 is 0. The molecule has 3 nitrogen and oxygen atoms in total. The molecule has 1 heterocycles. The molecular weight excluding hydrogens is 282 g/mol. The average molecular weight is 307 g/mol. The topological polar surface area (TPSA) is 49.3 Å². The molecule has 1 amide bonds. The van der Waals surface area contributed by atoms with Gasteiger partial charge in [-0.05, 0) is 62.5 Å². The molecule has 4 heteroatoms. The van der Waals surface area contributed by atoms with Crippen molar-refractivity contribution >= 4 is 17.2 Å². The van der Waals surface area contributed by atoms with Crippen molar-refractivity contribution < 1.29 is 9.90 Å². The number of fused-ring (bicyclic) bond motifs is 1. The van der Waals surface area contributed by atoms with Gasteiger partial charge in [0, 0.05) is 11.4 Å². The van der Waals surface area contributed by atoms with E-state index in [9.17, 15) is 9.90 Å². The summed E-state index contributed by atoms with van der Waals surface area (Å²) in [4.78, 5) is 14.4. The van der Waals surface area contributed by atoms with Crippen LogP contribution in [0.25, 0.3) is 0 Å². The van der Waals surface area contributed by atoms with Gasteiger partial charge in [-0.1, -0.05) is 13.3 Å². The molecule has 2 aliphatic rings. The Morgan fingerprint density at radius 2 is 2.19 bits per heavy atom. The minimum absolute atomic E-state index is 0.0135. The highest BCUT2D eigenvalue weighted by Gasteiger charge is 2.33. The number of hydrogen-bond donors (Lipinski definition) is 2. The largest absolute Gasteiger partial charge is 0.388 e. The highest BCUT2D eigenvalue weighted by molar-refractivity contribution is 7.14. The predicted molar refractivity (Wildman–Crippen MR) is 85.9 cm³/mol. The van der Waals surface area contributed by atoms with Crippen LogP contribution in [0.4, 0.5) is 0 Å². The molecule has 1 saturated carbocycles. The van der Waals surface area contributed by atoms with Gasteiger partial charge in [0.1, 0.15) is 0 Å². The van der Waals surface area contributed by atoms with E-state index in [0.29, 0.717) is 6.54 Å². The Labute approximate surface area is 130 Å². The molecule has 0 radical (unpaired) electrons. The zero-order valence-electron chi connectivity index (χ0n) is 12.8. The lowest BCUT2D eigenvalue weighted by Gasteiger charge is -2.35. The van der Waals surface area contributed by atoms with Crippen LogP contribution in [0.1, 0.15) is 65.6 Å². The molecule has 3 rings (SSSR count). The van der Waals surface area contributed by atoms with Crippen LogP contribution in [0.5, 0.6) is 0 Å². The number of thiophene rings is 1. The molecule has 0 atom stereocenters. The zero-order valence-corrected chi connectivity index (χ0v) is 13.6. The van der Waals surface area contributed by atoms with Crippen molar-refractivity contribution in [2.75, 3.05) is 6.54 Å². The number of carbonyl (C=O) groups excluding carboxylic acids is 1. The van der Waals surface area contributed by atoms with Gasteiger partial charge in [0.2, 0.25) is 0 Å². The third-order valence-corrected chi connectivity index (χ3v) is 6.40. The second-order valence-corrected chi connectivity index (χ2v) is 7.81. The normalized spacial score (nSPS) is 28.4. The SMILES string of the molecule is CCC1CCC(O)(CNC(=O)c2cc3c(s2)CCC3)CC1. The van der Waals surface area contributed by atoms with Crippen molar-refractivity contribution in [1.29, 1.82) is 0 Å². The number of hydrogen-bond acceptors (Lipinski definition) is 3. The Morgan fingerprint density at radius 1 is 1.43 bits per heavy atom. The summed E-state index contributed by atoms with van der Waals surface area (Å²) >= 11 is 1.63. The maximum absolute atomic E-state index is 12.2. The first-order chi connectivity index (χ1) is 10.1. The molecule has 0 saturated heterocycles. The molecule has 116 valence electrons. The standard InChI is InChI=1S/C17H25NO2S/c1-2-12-6-8-17(20,9-7-12)11-18-16(19)15-10-13-4-3-5-14(13)21-15/h10,12,20H,2-9,11H2,1H3,(H,18,19). The molecule has 1 aromatic heterocycles. The lowest BCUT2D eigenvalue weighted by Crippen LogP contribution is -2.45. The number of aliphatic hydroxyl groups is 1. The summed E-state index contributed by atoms with van der Waals surface area (Å²) in [7, 11) is 0. The van der Waals surface area contributed by atoms with Crippen molar-refractivity contribution in [3.8, 4) is 0 Å². The zero-order chi connectivity index (χ0) is 14.9. The van der Waals surface area contributed by atoms with Crippen LogP contribution < -0.4 is 5.32 Å². The average Bonchev–Trinajstić information content (AvgIpc) is 3.07. The van der Waals surface area contributed by atoms with E-state index in [-0.39, 0.29) is 5.91 Å². The minimum atomic E-state index is -0.693. The second-order valence-electron chi connectivity index (χ2n) is 6.67. The van der Waals surface area contributed by atoms with E-state index in [1.54, 1.807) is 11.3 Å². The summed E-state index contributed by atoms with van der Waals surface area (Å²) in [5.41, 5.74) is 0.661. The Hall–Kier alpha value is -0.870. The van der Waals surface area contributed by atoms with E-state index < -0.39 is 5.60 Å². The fourth-order valence-corrected chi connectivity index (χ4v) is 4.74.